The molecule has 10 rings (SSSR count). The van der Waals surface area contributed by atoms with Crippen LogP contribution in [0.4, 0.5) is 0 Å². The highest BCUT2D eigenvalue weighted by Crippen LogP contribution is 2.63. The average molecular weight is 641 g/mol. The molecule has 0 saturated heterocycles. The second-order valence-corrected chi connectivity index (χ2v) is 12.8. The molecule has 0 bridgehead atoms. The van der Waals surface area contributed by atoms with Gasteiger partial charge >= 0.3 is 0 Å². The van der Waals surface area contributed by atoms with Gasteiger partial charge in [0.2, 0.25) is 5.82 Å². The van der Waals surface area contributed by atoms with E-state index in [0.717, 1.165) is 11.1 Å². The number of hydrogen-bond donors (Lipinski definition) is 0. The smallest absolute Gasteiger partial charge is 0.201 e. The van der Waals surface area contributed by atoms with Crippen molar-refractivity contribution in [3.05, 3.63) is 180 Å². The Labute approximate surface area is 289 Å². The fourth-order valence-corrected chi connectivity index (χ4v) is 7.93. The molecule has 0 saturated carbocycles. The van der Waals surface area contributed by atoms with Crippen LogP contribution in [0.1, 0.15) is 27.8 Å². The largest absolute Gasteiger partial charge is 0.253 e. The summed E-state index contributed by atoms with van der Waals surface area (Å²) in [5, 5.41) is 0. The average Bonchev–Trinajstić information content (AvgIpc) is 3.65. The Hall–Kier alpha value is -6.66. The molecule has 0 N–H and O–H groups in total. The Bertz CT molecular complexity index is 2600. The molecule has 2 aliphatic carbocycles. The lowest BCUT2D eigenvalue weighted by atomic mass is 9.70. The highest BCUT2D eigenvalue weighted by molar-refractivity contribution is 5.96. The molecule has 0 aliphatic heterocycles. The van der Waals surface area contributed by atoms with Gasteiger partial charge < -0.3 is 0 Å². The van der Waals surface area contributed by atoms with Crippen LogP contribution in [0.5, 0.6) is 0 Å². The zero-order valence-electron chi connectivity index (χ0n) is 27.1. The molecule has 1 spiro atoms. The number of rotatable bonds is 4. The van der Waals surface area contributed by atoms with E-state index in [1.807, 2.05) is 19.1 Å². The van der Waals surface area contributed by atoms with E-state index in [9.17, 15) is 0 Å². The van der Waals surface area contributed by atoms with Gasteiger partial charge in [-0.25, -0.2) is 24.9 Å². The predicted octanol–water partition coefficient (Wildman–Crippen LogP) is 9.38. The first-order valence-electron chi connectivity index (χ1n) is 16.7. The van der Waals surface area contributed by atoms with E-state index in [0.29, 0.717) is 29.0 Å². The Morgan fingerprint density at radius 1 is 0.380 bits per heavy atom. The van der Waals surface area contributed by atoms with E-state index in [1.165, 1.54) is 55.6 Å². The van der Waals surface area contributed by atoms with Crippen LogP contribution in [0.15, 0.2) is 152 Å². The summed E-state index contributed by atoms with van der Waals surface area (Å²) in [6.45, 7) is 2.01. The molecule has 2 aliphatic rings. The lowest BCUT2D eigenvalue weighted by Crippen LogP contribution is -2.26. The molecule has 1 unspecified atom stereocenters. The second-order valence-electron chi connectivity index (χ2n) is 12.8. The Morgan fingerprint density at radius 3 is 1.64 bits per heavy atom. The molecule has 5 aromatic carbocycles. The van der Waals surface area contributed by atoms with Crippen LogP contribution in [0, 0.1) is 6.92 Å². The minimum Gasteiger partial charge on any atom is -0.253 e. The van der Waals surface area contributed by atoms with Gasteiger partial charge in [-0.1, -0.05) is 109 Å². The van der Waals surface area contributed by atoms with Gasteiger partial charge in [0.05, 0.1) is 5.41 Å². The topological polar surface area (TPSA) is 77.3 Å². The van der Waals surface area contributed by atoms with Crippen molar-refractivity contribution in [2.45, 2.75) is 12.3 Å². The summed E-state index contributed by atoms with van der Waals surface area (Å²) in [5.41, 5.74) is 14.4. The number of fused-ring (bicyclic) bond motifs is 10. The highest BCUT2D eigenvalue weighted by Gasteiger charge is 2.51. The number of aryl methyl sites for hydroxylation is 1. The molecule has 6 heteroatoms. The summed E-state index contributed by atoms with van der Waals surface area (Å²) in [5.74, 6) is 1.86. The number of benzene rings is 5. The molecule has 6 nitrogen and oxygen atoms in total. The van der Waals surface area contributed by atoms with Crippen LogP contribution in [0.2, 0.25) is 0 Å². The van der Waals surface area contributed by atoms with Crippen molar-refractivity contribution in [3.63, 3.8) is 0 Å². The van der Waals surface area contributed by atoms with Crippen molar-refractivity contribution in [3.8, 4) is 67.9 Å². The lowest BCUT2D eigenvalue weighted by molar-refractivity contribution is 0.794. The van der Waals surface area contributed by atoms with Gasteiger partial charge in [0.15, 0.2) is 17.5 Å². The molecule has 234 valence electrons. The van der Waals surface area contributed by atoms with Crippen molar-refractivity contribution in [2.24, 2.45) is 0 Å². The van der Waals surface area contributed by atoms with Gasteiger partial charge in [0.25, 0.3) is 0 Å². The quantitative estimate of drug-likeness (QED) is 0.191. The number of aromatic nitrogens is 6. The number of nitrogens with zero attached hydrogens (tertiary/aromatic N) is 6. The van der Waals surface area contributed by atoms with Crippen LogP contribution < -0.4 is 0 Å². The zero-order valence-corrected chi connectivity index (χ0v) is 27.1. The highest BCUT2D eigenvalue weighted by atomic mass is 15.1. The summed E-state index contributed by atoms with van der Waals surface area (Å²) < 4.78 is 0. The summed E-state index contributed by atoms with van der Waals surface area (Å²) >= 11 is 0. The van der Waals surface area contributed by atoms with Gasteiger partial charge in [0, 0.05) is 24.2 Å². The van der Waals surface area contributed by atoms with Crippen LogP contribution in [-0.4, -0.2) is 29.9 Å². The van der Waals surface area contributed by atoms with E-state index in [-0.39, 0.29) is 0 Å². The molecule has 3 aromatic heterocycles. The van der Waals surface area contributed by atoms with E-state index in [2.05, 4.69) is 130 Å². The Balaban J connectivity index is 1.25. The van der Waals surface area contributed by atoms with Crippen molar-refractivity contribution in [1.29, 1.82) is 0 Å². The first-order valence-corrected chi connectivity index (χ1v) is 16.7. The second kappa shape index (κ2) is 10.9. The Morgan fingerprint density at radius 2 is 0.940 bits per heavy atom. The first kappa shape index (κ1) is 28.4. The zero-order chi connectivity index (χ0) is 33.2. The van der Waals surface area contributed by atoms with E-state index in [4.69, 9.17) is 15.0 Å². The summed E-state index contributed by atoms with van der Waals surface area (Å²) in [6, 6.07) is 47.6. The first-order chi connectivity index (χ1) is 24.7. The third kappa shape index (κ3) is 4.08. The third-order valence-corrected chi connectivity index (χ3v) is 10.1. The fourth-order valence-electron chi connectivity index (χ4n) is 7.93. The number of pyridine rings is 1. The SMILES string of the molecule is Cc1cccnc1-c1nc(-c2ccc3c(c2)C2(c4ccccc4-c4ccc(-c5ccccc5)cc42)c2ccccc2-3)nc(-c2ncccn2)n1. The van der Waals surface area contributed by atoms with Crippen LogP contribution in [0.25, 0.3) is 67.9 Å². The number of hydrogen-bond acceptors (Lipinski definition) is 6. The molecular weight excluding hydrogens is 613 g/mol. The molecule has 0 fully saturated rings. The Kier molecular flexibility index (Phi) is 6.20. The maximum atomic E-state index is 5.05. The van der Waals surface area contributed by atoms with E-state index >= 15 is 0 Å². The molecule has 0 radical (unpaired) electrons. The maximum Gasteiger partial charge on any atom is 0.201 e. The van der Waals surface area contributed by atoms with Crippen molar-refractivity contribution >= 4 is 0 Å². The summed E-state index contributed by atoms with van der Waals surface area (Å²) in [7, 11) is 0. The van der Waals surface area contributed by atoms with Gasteiger partial charge in [-0.05, 0) is 92.4 Å². The lowest BCUT2D eigenvalue weighted by Gasteiger charge is -2.31. The monoisotopic (exact) mass is 640 g/mol. The minimum atomic E-state index is -0.530. The summed E-state index contributed by atoms with van der Waals surface area (Å²) in [4.78, 5) is 28.5. The van der Waals surface area contributed by atoms with Gasteiger partial charge in [-0.15, -0.1) is 0 Å². The van der Waals surface area contributed by atoms with Crippen LogP contribution >= 0.6 is 0 Å². The fraction of sp³-hybridized carbons (Fsp3) is 0.0455. The minimum absolute atomic E-state index is 0.401. The predicted molar refractivity (Wildman–Crippen MR) is 196 cm³/mol. The molecule has 8 aromatic rings. The van der Waals surface area contributed by atoms with Crippen molar-refractivity contribution in [1.82, 2.24) is 29.9 Å². The third-order valence-electron chi connectivity index (χ3n) is 10.1. The van der Waals surface area contributed by atoms with Crippen LogP contribution in [-0.2, 0) is 5.41 Å². The van der Waals surface area contributed by atoms with Gasteiger partial charge in [-0.2, -0.15) is 0 Å². The summed E-state index contributed by atoms with van der Waals surface area (Å²) in [6.07, 6.45) is 5.17. The maximum absolute atomic E-state index is 5.05. The standard InChI is InChI=1S/C44H28N6/c1-27-11-9-22-45-39(27)41-48-40(49-43(50-41)42-46-23-10-24-47-42)30-19-21-34-32-15-6-8-17-36(32)44(38(34)26-30)35-16-7-5-14-31(35)33-20-18-29(25-37(33)44)28-12-3-2-4-13-28/h2-26H,1H3. The van der Waals surface area contributed by atoms with Crippen LogP contribution in [0.3, 0.4) is 0 Å². The molecular formula is C44H28N6. The van der Waals surface area contributed by atoms with E-state index in [1.54, 1.807) is 24.7 Å². The van der Waals surface area contributed by atoms with Crippen molar-refractivity contribution < 1.29 is 0 Å². The molecule has 0 amide bonds. The van der Waals surface area contributed by atoms with Crippen molar-refractivity contribution in [2.75, 3.05) is 0 Å². The van der Waals surface area contributed by atoms with E-state index < -0.39 is 5.41 Å². The van der Waals surface area contributed by atoms with Gasteiger partial charge in [0.1, 0.15) is 5.69 Å². The normalized spacial score (nSPS) is 15.0. The van der Waals surface area contributed by atoms with Gasteiger partial charge in [-0.3, -0.25) is 4.98 Å². The molecule has 50 heavy (non-hydrogen) atoms. The molecule has 3 heterocycles. The molecule has 1 atom stereocenters.